The minimum Gasteiger partial charge on any atom is -0.328 e. The summed E-state index contributed by atoms with van der Waals surface area (Å²) >= 11 is 6.02. The number of anilines is 1. The van der Waals surface area contributed by atoms with Crippen LogP contribution in [0.3, 0.4) is 0 Å². The summed E-state index contributed by atoms with van der Waals surface area (Å²) < 4.78 is 27.2. The van der Waals surface area contributed by atoms with Gasteiger partial charge in [0.1, 0.15) is 4.90 Å². The average Bonchev–Trinajstić information content (AvgIpc) is 2.64. The van der Waals surface area contributed by atoms with Crippen molar-refractivity contribution in [3.8, 4) is 0 Å². The second-order valence-electron chi connectivity index (χ2n) is 5.21. The summed E-state index contributed by atoms with van der Waals surface area (Å²) in [5, 5.41) is 2.73. The van der Waals surface area contributed by atoms with E-state index in [2.05, 4.69) is 10.0 Å². The quantitative estimate of drug-likeness (QED) is 0.760. The Morgan fingerprint density at radius 1 is 1.35 bits per heavy atom. The normalized spacial score (nSPS) is 25.0. The van der Waals surface area contributed by atoms with Crippen molar-refractivity contribution in [1.29, 1.82) is 0 Å². The molecular formula is C12H14ClN3O3S. The van der Waals surface area contributed by atoms with Crippen molar-refractivity contribution in [1.82, 2.24) is 4.72 Å². The Morgan fingerprint density at radius 2 is 2.05 bits per heavy atom. The maximum absolute atomic E-state index is 12.3. The first-order valence-corrected chi connectivity index (χ1v) is 8.11. The molecule has 1 aliphatic carbocycles. The summed E-state index contributed by atoms with van der Waals surface area (Å²) in [5.74, 6) is -0.163. The van der Waals surface area contributed by atoms with Gasteiger partial charge in [-0.25, -0.2) is 13.1 Å². The topological polar surface area (TPSA) is 101 Å². The number of sulfonamides is 1. The second kappa shape index (κ2) is 4.70. The van der Waals surface area contributed by atoms with Gasteiger partial charge in [-0.3, -0.25) is 4.79 Å². The summed E-state index contributed by atoms with van der Waals surface area (Å²) in [6.07, 6.45) is 1.42. The molecular weight excluding hydrogens is 302 g/mol. The number of hydrogen-bond donors (Lipinski definition) is 3. The highest BCUT2D eigenvalue weighted by atomic mass is 35.5. The van der Waals surface area contributed by atoms with Crippen molar-refractivity contribution < 1.29 is 13.2 Å². The van der Waals surface area contributed by atoms with Crippen molar-refractivity contribution in [2.24, 2.45) is 5.73 Å². The Hall–Kier alpha value is -1.15. The van der Waals surface area contributed by atoms with E-state index in [-0.39, 0.29) is 34.3 Å². The van der Waals surface area contributed by atoms with Gasteiger partial charge in [0, 0.05) is 17.8 Å². The lowest BCUT2D eigenvalue weighted by atomic mass is 9.89. The van der Waals surface area contributed by atoms with Crippen molar-refractivity contribution in [3.05, 3.63) is 22.7 Å². The molecule has 108 valence electrons. The molecule has 1 aliphatic heterocycles. The third-order valence-electron chi connectivity index (χ3n) is 3.57. The van der Waals surface area contributed by atoms with Gasteiger partial charge < -0.3 is 11.1 Å². The van der Waals surface area contributed by atoms with Gasteiger partial charge in [0.2, 0.25) is 15.9 Å². The van der Waals surface area contributed by atoms with Crippen LogP contribution < -0.4 is 15.8 Å². The van der Waals surface area contributed by atoms with Gasteiger partial charge in [0.25, 0.3) is 0 Å². The minimum atomic E-state index is -3.69. The Morgan fingerprint density at radius 3 is 2.70 bits per heavy atom. The van der Waals surface area contributed by atoms with Crippen LogP contribution >= 0.6 is 11.6 Å². The zero-order chi connectivity index (χ0) is 14.5. The molecule has 0 aromatic heterocycles. The van der Waals surface area contributed by atoms with Gasteiger partial charge in [0.15, 0.2) is 0 Å². The van der Waals surface area contributed by atoms with E-state index in [0.717, 1.165) is 0 Å². The summed E-state index contributed by atoms with van der Waals surface area (Å²) in [6, 6.07) is 2.85. The summed E-state index contributed by atoms with van der Waals surface area (Å²) in [5.41, 5.74) is 6.86. The smallest absolute Gasteiger partial charge is 0.242 e. The molecule has 20 heavy (non-hydrogen) atoms. The molecule has 0 radical (unpaired) electrons. The molecule has 0 unspecified atom stereocenters. The molecule has 1 heterocycles. The fourth-order valence-corrected chi connectivity index (χ4v) is 4.31. The zero-order valence-corrected chi connectivity index (χ0v) is 12.1. The first-order valence-electron chi connectivity index (χ1n) is 6.25. The maximum atomic E-state index is 12.3. The molecule has 0 spiro atoms. The van der Waals surface area contributed by atoms with Crippen LogP contribution in [0, 0.1) is 0 Å². The molecule has 0 atom stereocenters. The fraction of sp³-hybridized carbons (Fsp3) is 0.417. The predicted molar refractivity (Wildman–Crippen MR) is 75.1 cm³/mol. The van der Waals surface area contributed by atoms with Crippen molar-refractivity contribution >= 4 is 33.2 Å². The van der Waals surface area contributed by atoms with Crippen LogP contribution in [0.15, 0.2) is 17.0 Å². The highest BCUT2D eigenvalue weighted by Gasteiger charge is 2.32. The molecule has 3 rings (SSSR count). The van der Waals surface area contributed by atoms with Crippen molar-refractivity contribution in [2.45, 2.75) is 36.2 Å². The molecule has 1 aromatic carbocycles. The highest BCUT2D eigenvalue weighted by Crippen LogP contribution is 2.32. The lowest BCUT2D eigenvalue weighted by Crippen LogP contribution is -2.50. The number of carbonyl (C=O) groups excluding carboxylic acids is 1. The molecule has 1 fully saturated rings. The maximum Gasteiger partial charge on any atom is 0.242 e. The number of fused-ring (bicyclic) bond motifs is 1. The summed E-state index contributed by atoms with van der Waals surface area (Å²) in [7, 11) is -3.69. The number of carbonyl (C=O) groups is 1. The molecule has 0 bridgehead atoms. The van der Waals surface area contributed by atoms with Gasteiger partial charge >= 0.3 is 0 Å². The monoisotopic (exact) mass is 315 g/mol. The molecule has 1 aromatic rings. The number of nitrogens with two attached hydrogens (primary N) is 1. The number of benzene rings is 1. The molecule has 1 amide bonds. The number of amides is 1. The molecule has 8 heteroatoms. The molecule has 0 saturated heterocycles. The van der Waals surface area contributed by atoms with E-state index in [4.69, 9.17) is 17.3 Å². The standard InChI is InChI=1S/C12H14ClN3O3S/c13-9-5-10-6(2-12(17)15-10)1-11(9)20(18,19)16-8-3-7(14)4-8/h1,5,7-8,16H,2-4,14H2,(H,15,17). The van der Waals surface area contributed by atoms with Gasteiger partial charge in [-0.15, -0.1) is 0 Å². The van der Waals surface area contributed by atoms with E-state index in [9.17, 15) is 13.2 Å². The number of rotatable bonds is 3. The fourth-order valence-electron chi connectivity index (χ4n) is 2.47. The van der Waals surface area contributed by atoms with Crippen molar-refractivity contribution in [3.63, 3.8) is 0 Å². The zero-order valence-electron chi connectivity index (χ0n) is 10.5. The van der Waals surface area contributed by atoms with Crippen LogP contribution in [-0.2, 0) is 21.2 Å². The lowest BCUT2D eigenvalue weighted by Gasteiger charge is -2.32. The Kier molecular flexibility index (Phi) is 3.24. The van der Waals surface area contributed by atoms with E-state index in [0.29, 0.717) is 24.1 Å². The largest absolute Gasteiger partial charge is 0.328 e. The number of nitrogens with one attached hydrogen (secondary N) is 2. The Bertz CT molecular complexity index is 683. The Labute approximate surface area is 121 Å². The molecule has 2 aliphatic rings. The number of halogens is 1. The third-order valence-corrected chi connectivity index (χ3v) is 5.55. The highest BCUT2D eigenvalue weighted by molar-refractivity contribution is 7.89. The van der Waals surface area contributed by atoms with Crippen LogP contribution in [0.4, 0.5) is 5.69 Å². The van der Waals surface area contributed by atoms with Crippen LogP contribution in [0.25, 0.3) is 0 Å². The Balaban J connectivity index is 1.90. The van der Waals surface area contributed by atoms with Crippen LogP contribution in [-0.4, -0.2) is 26.4 Å². The number of hydrogen-bond acceptors (Lipinski definition) is 4. The lowest BCUT2D eigenvalue weighted by molar-refractivity contribution is -0.115. The van der Waals surface area contributed by atoms with E-state index in [1.165, 1.54) is 12.1 Å². The first kappa shape index (κ1) is 13.8. The van der Waals surface area contributed by atoms with Crippen LogP contribution in [0.2, 0.25) is 5.02 Å². The SMILES string of the molecule is NC1CC(NS(=O)(=O)c2cc3c(cc2Cl)NC(=O)C3)C1. The molecule has 6 nitrogen and oxygen atoms in total. The predicted octanol–water partition coefficient (Wildman–Crippen LogP) is 0.603. The van der Waals surface area contributed by atoms with Gasteiger partial charge in [0.05, 0.1) is 11.4 Å². The van der Waals surface area contributed by atoms with Crippen LogP contribution in [0.1, 0.15) is 18.4 Å². The van der Waals surface area contributed by atoms with E-state index < -0.39 is 10.0 Å². The minimum absolute atomic E-state index is 0.00916. The van der Waals surface area contributed by atoms with Crippen molar-refractivity contribution in [2.75, 3.05) is 5.32 Å². The molecule has 4 N–H and O–H groups in total. The van der Waals surface area contributed by atoms with E-state index in [1.54, 1.807) is 0 Å². The van der Waals surface area contributed by atoms with Gasteiger partial charge in [-0.2, -0.15) is 0 Å². The van der Waals surface area contributed by atoms with E-state index in [1.807, 2.05) is 0 Å². The van der Waals surface area contributed by atoms with Crippen LogP contribution in [0.5, 0.6) is 0 Å². The second-order valence-corrected chi connectivity index (χ2v) is 7.30. The molecule has 1 saturated carbocycles. The van der Waals surface area contributed by atoms with Gasteiger partial charge in [-0.1, -0.05) is 11.6 Å². The van der Waals surface area contributed by atoms with E-state index >= 15 is 0 Å². The summed E-state index contributed by atoms with van der Waals surface area (Å²) in [4.78, 5) is 11.3. The first-order chi connectivity index (χ1) is 9.35. The van der Waals surface area contributed by atoms with Gasteiger partial charge in [-0.05, 0) is 30.5 Å². The average molecular weight is 316 g/mol. The third kappa shape index (κ3) is 2.42. The summed E-state index contributed by atoms with van der Waals surface area (Å²) in [6.45, 7) is 0.